The Labute approximate surface area is 262 Å². The van der Waals surface area contributed by atoms with Crippen LogP contribution >= 0.6 is 11.6 Å². The SMILES string of the molecule is CCOc1ccc(N2CC=C[C@@]3(C)O[C@]45C=CCN(c6ccc(Cl)cc6)C(=O)C4N([C@@H](CO)C(C)C)C(=O)[C@@H]5[C@H]3C2=O)cc1. The van der Waals surface area contributed by atoms with Gasteiger partial charge in [0.2, 0.25) is 11.8 Å². The van der Waals surface area contributed by atoms with Crippen LogP contribution in [0.5, 0.6) is 5.75 Å². The smallest absolute Gasteiger partial charge is 0.253 e. The van der Waals surface area contributed by atoms with Gasteiger partial charge in [0.25, 0.3) is 5.91 Å². The summed E-state index contributed by atoms with van der Waals surface area (Å²) in [4.78, 5) is 48.7. The zero-order chi connectivity index (χ0) is 31.4. The zero-order valence-electron chi connectivity index (χ0n) is 25.4. The predicted octanol–water partition coefficient (Wildman–Crippen LogP) is 4.23. The molecule has 2 aromatic rings. The van der Waals surface area contributed by atoms with Crippen LogP contribution in [-0.2, 0) is 19.1 Å². The number of benzene rings is 2. The van der Waals surface area contributed by atoms with Crippen LogP contribution in [0.1, 0.15) is 27.7 Å². The largest absolute Gasteiger partial charge is 0.494 e. The molecule has 4 aliphatic rings. The van der Waals surface area contributed by atoms with Gasteiger partial charge in [0, 0.05) is 29.5 Å². The quantitative estimate of drug-likeness (QED) is 0.466. The molecule has 10 heteroatoms. The molecule has 4 aliphatic heterocycles. The molecule has 4 heterocycles. The summed E-state index contributed by atoms with van der Waals surface area (Å²) in [5.74, 6) is -2.35. The molecular formula is C34H38ClN3O6. The van der Waals surface area contributed by atoms with E-state index in [0.29, 0.717) is 35.3 Å². The number of anilines is 2. The topological polar surface area (TPSA) is 99.6 Å². The first kappa shape index (κ1) is 30.4. The van der Waals surface area contributed by atoms with Gasteiger partial charge in [0.1, 0.15) is 17.4 Å². The van der Waals surface area contributed by atoms with Crippen LogP contribution < -0.4 is 14.5 Å². The lowest BCUT2D eigenvalue weighted by Gasteiger charge is -2.41. The highest BCUT2D eigenvalue weighted by Gasteiger charge is 2.75. The molecule has 2 fully saturated rings. The maximum Gasteiger partial charge on any atom is 0.253 e. The van der Waals surface area contributed by atoms with Gasteiger partial charge < -0.3 is 29.3 Å². The number of carbonyl (C=O) groups excluding carboxylic acids is 3. The second-order valence-electron chi connectivity index (χ2n) is 12.3. The van der Waals surface area contributed by atoms with Crippen molar-refractivity contribution in [1.29, 1.82) is 0 Å². The number of rotatable bonds is 7. The van der Waals surface area contributed by atoms with Crippen LogP contribution in [0.4, 0.5) is 11.4 Å². The van der Waals surface area contributed by atoms with Gasteiger partial charge >= 0.3 is 0 Å². The van der Waals surface area contributed by atoms with Gasteiger partial charge in [0.05, 0.1) is 36.7 Å². The van der Waals surface area contributed by atoms with Crippen molar-refractivity contribution in [3.8, 4) is 5.75 Å². The summed E-state index contributed by atoms with van der Waals surface area (Å²) >= 11 is 6.14. The lowest BCUT2D eigenvalue weighted by Crippen LogP contribution is -2.59. The number of hydrogen-bond donors (Lipinski definition) is 1. The molecular weight excluding hydrogens is 582 g/mol. The number of aliphatic hydroxyl groups excluding tert-OH is 1. The molecule has 232 valence electrons. The first-order valence-electron chi connectivity index (χ1n) is 15.2. The fourth-order valence-corrected chi connectivity index (χ4v) is 7.54. The summed E-state index contributed by atoms with van der Waals surface area (Å²) in [6.07, 6.45) is 7.39. The van der Waals surface area contributed by atoms with Crippen molar-refractivity contribution >= 4 is 40.7 Å². The van der Waals surface area contributed by atoms with Crippen LogP contribution in [0.15, 0.2) is 72.8 Å². The highest BCUT2D eigenvalue weighted by Crippen LogP contribution is 2.58. The van der Waals surface area contributed by atoms with Crippen molar-refractivity contribution in [2.75, 3.05) is 36.1 Å². The molecule has 6 atom stereocenters. The third-order valence-electron chi connectivity index (χ3n) is 9.41. The molecule has 0 aromatic heterocycles. The number of hydrogen-bond acceptors (Lipinski definition) is 6. The average Bonchev–Trinajstić information content (AvgIpc) is 3.26. The Bertz CT molecular complexity index is 1510. The molecule has 0 radical (unpaired) electrons. The fraction of sp³-hybridized carbons (Fsp3) is 0.441. The Balaban J connectivity index is 1.47. The Morgan fingerprint density at radius 1 is 0.909 bits per heavy atom. The fourth-order valence-electron chi connectivity index (χ4n) is 7.41. The summed E-state index contributed by atoms with van der Waals surface area (Å²) in [5.41, 5.74) is -1.30. The second-order valence-corrected chi connectivity index (χ2v) is 12.8. The van der Waals surface area contributed by atoms with E-state index in [1.165, 1.54) is 4.90 Å². The van der Waals surface area contributed by atoms with Crippen LogP contribution in [0, 0.1) is 17.8 Å². The maximum atomic E-state index is 14.7. The van der Waals surface area contributed by atoms with Crippen LogP contribution in [0.2, 0.25) is 5.02 Å². The summed E-state index contributed by atoms with van der Waals surface area (Å²) in [7, 11) is 0. The van der Waals surface area contributed by atoms with E-state index >= 15 is 0 Å². The average molecular weight is 620 g/mol. The summed E-state index contributed by atoms with van der Waals surface area (Å²) in [6.45, 7) is 8.27. The van der Waals surface area contributed by atoms with Gasteiger partial charge in [-0.15, -0.1) is 0 Å². The van der Waals surface area contributed by atoms with Gasteiger partial charge in [-0.25, -0.2) is 0 Å². The lowest BCUT2D eigenvalue weighted by atomic mass is 9.74. The predicted molar refractivity (Wildman–Crippen MR) is 168 cm³/mol. The Morgan fingerprint density at radius 2 is 1.50 bits per heavy atom. The van der Waals surface area contributed by atoms with Gasteiger partial charge in [-0.1, -0.05) is 49.8 Å². The van der Waals surface area contributed by atoms with E-state index in [9.17, 15) is 19.5 Å². The molecule has 9 nitrogen and oxygen atoms in total. The molecule has 0 saturated carbocycles. The van der Waals surface area contributed by atoms with Crippen molar-refractivity contribution in [2.45, 2.75) is 51.0 Å². The number of nitrogens with zero attached hydrogens (tertiary/aromatic N) is 3. The Morgan fingerprint density at radius 3 is 2.09 bits per heavy atom. The van der Waals surface area contributed by atoms with E-state index in [2.05, 4.69) is 0 Å². The minimum atomic E-state index is -1.43. The number of carbonyl (C=O) groups is 3. The van der Waals surface area contributed by atoms with Crippen LogP contribution in [0.3, 0.4) is 0 Å². The summed E-state index contributed by atoms with van der Waals surface area (Å²) < 4.78 is 12.5. The number of halogens is 1. The van der Waals surface area contributed by atoms with Crippen molar-refractivity contribution in [3.05, 3.63) is 77.9 Å². The van der Waals surface area contributed by atoms with E-state index in [0.717, 1.165) is 0 Å². The van der Waals surface area contributed by atoms with Crippen LogP contribution in [0.25, 0.3) is 0 Å². The number of fused-ring (bicyclic) bond motifs is 2. The number of ether oxygens (including phenoxy) is 2. The minimum absolute atomic E-state index is 0.166. The Kier molecular flexibility index (Phi) is 7.84. The first-order valence-corrected chi connectivity index (χ1v) is 15.5. The normalized spacial score (nSPS) is 30.3. The van der Waals surface area contributed by atoms with E-state index in [-0.39, 0.29) is 36.8 Å². The molecule has 1 unspecified atom stereocenters. The molecule has 6 rings (SSSR count). The number of likely N-dealkylation sites (tertiary alicyclic amines) is 1. The minimum Gasteiger partial charge on any atom is -0.494 e. The highest BCUT2D eigenvalue weighted by atomic mass is 35.5. The van der Waals surface area contributed by atoms with E-state index in [1.807, 2.05) is 76.3 Å². The molecule has 2 saturated heterocycles. The van der Waals surface area contributed by atoms with Crippen molar-refractivity contribution in [2.24, 2.45) is 17.8 Å². The van der Waals surface area contributed by atoms with Crippen molar-refractivity contribution in [3.63, 3.8) is 0 Å². The standard InChI is InChI=1S/C34H38ClN3O6/c1-5-43-25-14-12-24(13-15-25)36-18-6-16-33(4)27(30(36)40)28-31(41)38(26(20-39)21(2)3)29-32(42)37(19-7-17-34(28,29)44-33)23-10-8-22(35)9-11-23/h6-17,21,26-29,39H,5,18-20H2,1-4H3/t26-,27-,28-,29?,33+,34-/m0/s1. The van der Waals surface area contributed by atoms with E-state index in [4.69, 9.17) is 21.1 Å². The van der Waals surface area contributed by atoms with Crippen molar-refractivity contribution in [1.82, 2.24) is 4.90 Å². The molecule has 44 heavy (non-hydrogen) atoms. The second kappa shape index (κ2) is 11.4. The van der Waals surface area contributed by atoms with E-state index in [1.54, 1.807) is 34.1 Å². The third-order valence-corrected chi connectivity index (χ3v) is 9.66. The molecule has 1 spiro atoms. The maximum absolute atomic E-state index is 14.7. The monoisotopic (exact) mass is 619 g/mol. The van der Waals surface area contributed by atoms with Gasteiger partial charge in [-0.3, -0.25) is 14.4 Å². The highest BCUT2D eigenvalue weighted by molar-refractivity contribution is 6.30. The van der Waals surface area contributed by atoms with Crippen LogP contribution in [-0.4, -0.2) is 77.3 Å². The molecule has 3 amide bonds. The lowest BCUT2D eigenvalue weighted by molar-refractivity contribution is -0.149. The third kappa shape index (κ3) is 4.64. The first-order chi connectivity index (χ1) is 21.1. The Hall–Kier alpha value is -3.66. The van der Waals surface area contributed by atoms with Gasteiger partial charge in [0.15, 0.2) is 0 Å². The molecule has 2 aromatic carbocycles. The van der Waals surface area contributed by atoms with Gasteiger partial charge in [-0.05, 0) is 68.3 Å². The number of amides is 3. The molecule has 0 aliphatic carbocycles. The molecule has 1 N–H and O–H groups in total. The van der Waals surface area contributed by atoms with Crippen molar-refractivity contribution < 1.29 is 29.0 Å². The number of aliphatic hydroxyl groups is 1. The summed E-state index contributed by atoms with van der Waals surface area (Å²) in [5, 5.41) is 11.1. The zero-order valence-corrected chi connectivity index (χ0v) is 26.1. The molecule has 0 bridgehead atoms. The van der Waals surface area contributed by atoms with Gasteiger partial charge in [-0.2, -0.15) is 0 Å². The van der Waals surface area contributed by atoms with E-state index < -0.39 is 35.1 Å². The summed E-state index contributed by atoms with van der Waals surface area (Å²) in [6, 6.07) is 12.5.